The number of methoxy groups -OCH3 is 1. The first kappa shape index (κ1) is 19.5. The van der Waals surface area contributed by atoms with Crippen LogP contribution in [0, 0.1) is 0 Å². The van der Waals surface area contributed by atoms with Crippen molar-refractivity contribution >= 4 is 51.3 Å². The van der Waals surface area contributed by atoms with Crippen LogP contribution in [-0.4, -0.2) is 41.5 Å². The quantitative estimate of drug-likeness (QED) is 0.704. The van der Waals surface area contributed by atoms with Gasteiger partial charge in [-0.3, -0.25) is 9.59 Å². The van der Waals surface area contributed by atoms with E-state index in [9.17, 15) is 9.59 Å². The highest BCUT2D eigenvalue weighted by atomic mass is 79.9. The minimum absolute atomic E-state index is 0.175. The van der Waals surface area contributed by atoms with Crippen LogP contribution in [-0.2, 0) is 9.59 Å². The Kier molecular flexibility index (Phi) is 6.58. The fourth-order valence-corrected chi connectivity index (χ4v) is 4.22. The maximum Gasteiger partial charge on any atom is 0.248 e. The first-order valence-corrected chi connectivity index (χ1v) is 10.3. The van der Waals surface area contributed by atoms with Gasteiger partial charge in [0.1, 0.15) is 11.8 Å². The van der Waals surface area contributed by atoms with E-state index in [0.717, 1.165) is 15.8 Å². The third-order valence-corrected chi connectivity index (χ3v) is 5.87. The second kappa shape index (κ2) is 9.10. The van der Waals surface area contributed by atoms with Crippen LogP contribution >= 0.6 is 27.7 Å². The summed E-state index contributed by atoms with van der Waals surface area (Å²) >= 11 is 5.03. The Balaban J connectivity index is 1.65. The molecule has 3 rings (SSSR count). The summed E-state index contributed by atoms with van der Waals surface area (Å²) < 4.78 is 6.03. The summed E-state index contributed by atoms with van der Waals surface area (Å²) in [5.41, 5.74) is 1.59. The Labute approximate surface area is 170 Å². The Hall–Kier alpha value is -2.25. The molecular weight excluding hydrogens is 428 g/mol. The molecule has 140 valence electrons. The van der Waals surface area contributed by atoms with E-state index in [1.54, 1.807) is 54.1 Å². The molecule has 5 nitrogen and oxygen atoms in total. The summed E-state index contributed by atoms with van der Waals surface area (Å²) in [5.74, 6) is 1.44. The molecule has 0 saturated carbocycles. The lowest BCUT2D eigenvalue weighted by Gasteiger charge is -2.21. The Morgan fingerprint density at radius 3 is 2.67 bits per heavy atom. The molecule has 7 heteroatoms. The van der Waals surface area contributed by atoms with E-state index < -0.39 is 6.04 Å². The smallest absolute Gasteiger partial charge is 0.248 e. The number of nitrogens with zero attached hydrogens (tertiary/aromatic N) is 1. The van der Waals surface area contributed by atoms with Crippen LogP contribution in [0.4, 0.5) is 5.69 Å². The van der Waals surface area contributed by atoms with Crippen molar-refractivity contribution in [2.75, 3.05) is 24.1 Å². The van der Waals surface area contributed by atoms with Gasteiger partial charge < -0.3 is 15.0 Å². The lowest BCUT2D eigenvalue weighted by Crippen LogP contribution is -2.43. The van der Waals surface area contributed by atoms with Gasteiger partial charge in [-0.1, -0.05) is 34.1 Å². The number of rotatable bonds is 5. The molecule has 0 spiro atoms. The minimum Gasteiger partial charge on any atom is -0.497 e. The van der Waals surface area contributed by atoms with Crippen LogP contribution in [0.2, 0.25) is 0 Å². The van der Waals surface area contributed by atoms with Crippen molar-refractivity contribution < 1.29 is 14.3 Å². The fraction of sp³-hybridized carbons (Fsp3) is 0.200. The van der Waals surface area contributed by atoms with Gasteiger partial charge in [0.15, 0.2) is 0 Å². The standard InChI is InChI=1S/C20H19BrN2O3S/c1-26-16-9-7-15(8-10-16)22-20(25)18-12-27-13-23(18)19(24)11-6-14-4-2-3-5-17(14)21/h2-11,18H,12-13H2,1H3,(H,22,25). The predicted molar refractivity (Wildman–Crippen MR) is 113 cm³/mol. The average Bonchev–Trinajstić information content (AvgIpc) is 3.18. The number of carbonyl (C=O) groups is 2. The van der Waals surface area contributed by atoms with E-state index in [-0.39, 0.29) is 11.8 Å². The van der Waals surface area contributed by atoms with Crippen LogP contribution in [0.1, 0.15) is 5.56 Å². The van der Waals surface area contributed by atoms with Crippen LogP contribution in [0.3, 0.4) is 0 Å². The zero-order valence-corrected chi connectivity index (χ0v) is 17.1. The largest absolute Gasteiger partial charge is 0.497 e. The molecule has 0 bridgehead atoms. The first-order valence-electron chi connectivity index (χ1n) is 8.34. The third kappa shape index (κ3) is 4.93. The summed E-state index contributed by atoms with van der Waals surface area (Å²) in [5, 5.41) is 2.87. The summed E-state index contributed by atoms with van der Waals surface area (Å²) in [6, 6.07) is 14.3. The van der Waals surface area contributed by atoms with Crippen LogP contribution < -0.4 is 10.1 Å². The maximum atomic E-state index is 12.6. The number of nitrogens with one attached hydrogen (secondary N) is 1. The van der Waals surface area contributed by atoms with Crippen LogP contribution in [0.25, 0.3) is 6.08 Å². The average molecular weight is 447 g/mol. The van der Waals surface area contributed by atoms with Gasteiger partial charge in [0.25, 0.3) is 0 Å². The number of carbonyl (C=O) groups excluding carboxylic acids is 2. The van der Waals surface area contributed by atoms with Crippen molar-refractivity contribution in [3.05, 3.63) is 64.6 Å². The van der Waals surface area contributed by atoms with Crippen molar-refractivity contribution in [2.24, 2.45) is 0 Å². The lowest BCUT2D eigenvalue weighted by atomic mass is 10.2. The van der Waals surface area contributed by atoms with Crippen LogP contribution in [0.15, 0.2) is 59.1 Å². The molecule has 1 atom stereocenters. The minimum atomic E-state index is -0.492. The van der Waals surface area contributed by atoms with Gasteiger partial charge in [0.2, 0.25) is 11.8 Å². The molecule has 1 heterocycles. The van der Waals surface area contributed by atoms with Crippen molar-refractivity contribution in [3.63, 3.8) is 0 Å². The second-order valence-electron chi connectivity index (χ2n) is 5.90. The molecule has 1 aliphatic rings. The summed E-state index contributed by atoms with van der Waals surface area (Å²) in [7, 11) is 1.59. The molecule has 2 aromatic rings. The molecule has 27 heavy (non-hydrogen) atoms. The van der Waals surface area contributed by atoms with E-state index in [1.807, 2.05) is 24.3 Å². The highest BCUT2D eigenvalue weighted by Crippen LogP contribution is 2.24. The molecule has 1 fully saturated rings. The number of benzene rings is 2. The van der Waals surface area contributed by atoms with E-state index >= 15 is 0 Å². The molecule has 0 aromatic heterocycles. The van der Waals surface area contributed by atoms with Gasteiger partial charge in [-0.2, -0.15) is 0 Å². The van der Waals surface area contributed by atoms with Gasteiger partial charge in [-0.25, -0.2) is 0 Å². The molecule has 1 aliphatic heterocycles. The first-order chi connectivity index (χ1) is 13.1. The normalized spacial score (nSPS) is 16.5. The molecule has 0 aliphatic carbocycles. The predicted octanol–water partition coefficient (Wildman–Crippen LogP) is 4.01. The molecule has 1 unspecified atom stereocenters. The van der Waals surface area contributed by atoms with Gasteiger partial charge in [0, 0.05) is 22.0 Å². The van der Waals surface area contributed by atoms with Crippen molar-refractivity contribution in [1.82, 2.24) is 4.90 Å². The van der Waals surface area contributed by atoms with Crippen LogP contribution in [0.5, 0.6) is 5.75 Å². The zero-order valence-electron chi connectivity index (χ0n) is 14.7. The highest BCUT2D eigenvalue weighted by molar-refractivity contribution is 9.10. The molecule has 1 saturated heterocycles. The zero-order chi connectivity index (χ0) is 19.2. The topological polar surface area (TPSA) is 58.6 Å². The summed E-state index contributed by atoms with van der Waals surface area (Å²) in [4.78, 5) is 26.8. The maximum absolute atomic E-state index is 12.6. The Morgan fingerprint density at radius 1 is 1.22 bits per heavy atom. The molecule has 0 radical (unpaired) electrons. The van der Waals surface area contributed by atoms with E-state index in [1.165, 1.54) is 6.08 Å². The van der Waals surface area contributed by atoms with Gasteiger partial charge in [-0.05, 0) is 42.0 Å². The summed E-state index contributed by atoms with van der Waals surface area (Å²) in [6.45, 7) is 0. The van der Waals surface area contributed by atoms with E-state index in [0.29, 0.717) is 17.3 Å². The molecule has 1 N–H and O–H groups in total. The number of hydrogen-bond donors (Lipinski definition) is 1. The molecule has 2 amide bonds. The highest BCUT2D eigenvalue weighted by Gasteiger charge is 2.33. The van der Waals surface area contributed by atoms with Gasteiger partial charge in [0.05, 0.1) is 13.0 Å². The van der Waals surface area contributed by atoms with E-state index in [4.69, 9.17) is 4.74 Å². The number of halogens is 1. The van der Waals surface area contributed by atoms with Gasteiger partial charge >= 0.3 is 0 Å². The molecule has 2 aromatic carbocycles. The van der Waals surface area contributed by atoms with E-state index in [2.05, 4.69) is 21.2 Å². The van der Waals surface area contributed by atoms with Crippen molar-refractivity contribution in [3.8, 4) is 5.75 Å². The SMILES string of the molecule is COc1ccc(NC(=O)C2CSCN2C(=O)C=Cc2ccccc2Br)cc1. The number of hydrogen-bond acceptors (Lipinski definition) is 4. The van der Waals surface area contributed by atoms with Crippen molar-refractivity contribution in [1.29, 1.82) is 0 Å². The molecular formula is C20H19BrN2O3S. The fourth-order valence-electron chi connectivity index (χ4n) is 2.64. The number of ether oxygens (including phenoxy) is 1. The third-order valence-electron chi connectivity index (χ3n) is 4.14. The Bertz CT molecular complexity index is 855. The van der Waals surface area contributed by atoms with Crippen molar-refractivity contribution in [2.45, 2.75) is 6.04 Å². The number of thioether (sulfide) groups is 1. The number of amides is 2. The Morgan fingerprint density at radius 2 is 1.96 bits per heavy atom. The second-order valence-corrected chi connectivity index (χ2v) is 7.75. The monoisotopic (exact) mass is 446 g/mol. The van der Waals surface area contributed by atoms with Gasteiger partial charge in [-0.15, -0.1) is 11.8 Å². The lowest BCUT2D eigenvalue weighted by molar-refractivity contribution is -0.132. The number of anilines is 1. The summed E-state index contributed by atoms with van der Waals surface area (Å²) in [6.07, 6.45) is 3.27.